The van der Waals surface area contributed by atoms with Crippen LogP contribution in [-0.2, 0) is 4.74 Å². The lowest BCUT2D eigenvalue weighted by Crippen LogP contribution is -2.32. The standard InChI is InChI=1S/C12H22N4O/c1-6-13-10-9(2)11(16-8-15-10)14-7-12(3,4)17-5/h8H,6-7H2,1-5H3,(H2,13,14,15,16). The predicted octanol–water partition coefficient (Wildman–Crippen LogP) is 2.05. The van der Waals surface area contributed by atoms with Crippen LogP contribution in [0.2, 0.25) is 0 Å². The molecule has 0 aromatic carbocycles. The molecule has 0 unspecified atom stereocenters. The first-order chi connectivity index (χ1) is 8.00. The molecule has 96 valence electrons. The Balaban J connectivity index is 2.75. The molecule has 0 spiro atoms. The second-order valence-electron chi connectivity index (χ2n) is 4.54. The fourth-order valence-electron chi connectivity index (χ4n) is 1.34. The van der Waals surface area contributed by atoms with Gasteiger partial charge in [-0.2, -0.15) is 0 Å². The Bertz CT molecular complexity index is 366. The van der Waals surface area contributed by atoms with Gasteiger partial charge in [0.2, 0.25) is 0 Å². The van der Waals surface area contributed by atoms with Crippen molar-refractivity contribution in [1.82, 2.24) is 9.97 Å². The van der Waals surface area contributed by atoms with E-state index in [4.69, 9.17) is 4.74 Å². The highest BCUT2D eigenvalue weighted by Gasteiger charge is 2.17. The maximum atomic E-state index is 5.36. The summed E-state index contributed by atoms with van der Waals surface area (Å²) in [5.74, 6) is 1.72. The van der Waals surface area contributed by atoms with Crippen LogP contribution < -0.4 is 10.6 Å². The summed E-state index contributed by atoms with van der Waals surface area (Å²) in [4.78, 5) is 8.44. The van der Waals surface area contributed by atoms with E-state index in [0.717, 1.165) is 23.7 Å². The molecular formula is C12H22N4O. The van der Waals surface area contributed by atoms with Crippen LogP contribution in [0.4, 0.5) is 11.6 Å². The van der Waals surface area contributed by atoms with E-state index in [1.165, 1.54) is 0 Å². The normalized spacial score (nSPS) is 11.4. The van der Waals surface area contributed by atoms with Gasteiger partial charge in [-0.25, -0.2) is 9.97 Å². The molecule has 0 saturated carbocycles. The number of aromatic nitrogens is 2. The van der Waals surface area contributed by atoms with E-state index >= 15 is 0 Å². The summed E-state index contributed by atoms with van der Waals surface area (Å²) < 4.78 is 5.36. The minimum atomic E-state index is -0.213. The van der Waals surface area contributed by atoms with Gasteiger partial charge in [-0.1, -0.05) is 0 Å². The van der Waals surface area contributed by atoms with Crippen molar-refractivity contribution in [3.8, 4) is 0 Å². The average molecular weight is 238 g/mol. The summed E-state index contributed by atoms with van der Waals surface area (Å²) in [7, 11) is 1.71. The number of ether oxygens (including phenoxy) is 1. The first kappa shape index (κ1) is 13.7. The summed E-state index contributed by atoms with van der Waals surface area (Å²) in [6.45, 7) is 9.65. The fourth-order valence-corrected chi connectivity index (χ4v) is 1.34. The Morgan fingerprint density at radius 1 is 1.24 bits per heavy atom. The third kappa shape index (κ3) is 3.85. The number of nitrogens with zero attached hydrogens (tertiary/aromatic N) is 2. The van der Waals surface area contributed by atoms with Gasteiger partial charge in [-0.3, -0.25) is 0 Å². The maximum absolute atomic E-state index is 5.36. The molecule has 1 aromatic rings. The van der Waals surface area contributed by atoms with Gasteiger partial charge in [0.05, 0.1) is 5.60 Å². The molecular weight excluding hydrogens is 216 g/mol. The van der Waals surface area contributed by atoms with Crippen molar-refractivity contribution >= 4 is 11.6 Å². The molecule has 5 heteroatoms. The molecule has 0 aliphatic heterocycles. The average Bonchev–Trinajstić information content (AvgIpc) is 2.31. The molecule has 1 rings (SSSR count). The molecule has 1 heterocycles. The topological polar surface area (TPSA) is 59.1 Å². The highest BCUT2D eigenvalue weighted by atomic mass is 16.5. The number of hydrogen-bond acceptors (Lipinski definition) is 5. The van der Waals surface area contributed by atoms with Crippen LogP contribution in [-0.4, -0.2) is 35.8 Å². The summed E-state index contributed by atoms with van der Waals surface area (Å²) in [5, 5.41) is 6.49. The van der Waals surface area contributed by atoms with E-state index in [1.807, 2.05) is 27.7 Å². The van der Waals surface area contributed by atoms with Crippen molar-refractivity contribution in [2.24, 2.45) is 0 Å². The van der Waals surface area contributed by atoms with Crippen molar-refractivity contribution < 1.29 is 4.74 Å². The molecule has 1 aromatic heterocycles. The Morgan fingerprint density at radius 3 is 2.35 bits per heavy atom. The van der Waals surface area contributed by atoms with Gasteiger partial charge in [-0.15, -0.1) is 0 Å². The van der Waals surface area contributed by atoms with Crippen LogP contribution in [0.1, 0.15) is 26.3 Å². The van der Waals surface area contributed by atoms with E-state index in [1.54, 1.807) is 13.4 Å². The highest BCUT2D eigenvalue weighted by Crippen LogP contribution is 2.19. The zero-order valence-corrected chi connectivity index (χ0v) is 11.3. The number of rotatable bonds is 6. The molecule has 0 aliphatic rings. The van der Waals surface area contributed by atoms with E-state index in [-0.39, 0.29) is 5.60 Å². The molecule has 0 amide bonds. The Hall–Kier alpha value is -1.36. The monoisotopic (exact) mass is 238 g/mol. The van der Waals surface area contributed by atoms with E-state index in [2.05, 4.69) is 20.6 Å². The van der Waals surface area contributed by atoms with Crippen molar-refractivity contribution in [2.45, 2.75) is 33.3 Å². The third-order valence-corrected chi connectivity index (χ3v) is 2.66. The van der Waals surface area contributed by atoms with Gasteiger partial charge in [0.1, 0.15) is 18.0 Å². The predicted molar refractivity (Wildman–Crippen MR) is 70.5 cm³/mol. The molecule has 2 N–H and O–H groups in total. The van der Waals surface area contributed by atoms with Crippen LogP contribution in [0.5, 0.6) is 0 Å². The lowest BCUT2D eigenvalue weighted by molar-refractivity contribution is 0.0343. The zero-order valence-electron chi connectivity index (χ0n) is 11.3. The second-order valence-corrected chi connectivity index (χ2v) is 4.54. The number of methoxy groups -OCH3 is 1. The third-order valence-electron chi connectivity index (χ3n) is 2.66. The van der Waals surface area contributed by atoms with Crippen molar-refractivity contribution in [1.29, 1.82) is 0 Å². The molecule has 17 heavy (non-hydrogen) atoms. The van der Waals surface area contributed by atoms with Gasteiger partial charge in [0.15, 0.2) is 0 Å². The summed E-state index contributed by atoms with van der Waals surface area (Å²) >= 11 is 0. The Morgan fingerprint density at radius 2 is 1.82 bits per heavy atom. The number of hydrogen-bond donors (Lipinski definition) is 2. The van der Waals surface area contributed by atoms with Gasteiger partial charge in [-0.05, 0) is 27.7 Å². The van der Waals surface area contributed by atoms with Crippen molar-refractivity contribution in [3.05, 3.63) is 11.9 Å². The SMILES string of the molecule is CCNc1ncnc(NCC(C)(C)OC)c1C. The second kappa shape index (κ2) is 5.82. The quantitative estimate of drug-likeness (QED) is 0.794. The van der Waals surface area contributed by atoms with Crippen LogP contribution in [0.15, 0.2) is 6.33 Å². The van der Waals surface area contributed by atoms with Crippen LogP contribution in [0.3, 0.4) is 0 Å². The van der Waals surface area contributed by atoms with Crippen LogP contribution >= 0.6 is 0 Å². The molecule has 0 radical (unpaired) electrons. The van der Waals surface area contributed by atoms with E-state index < -0.39 is 0 Å². The minimum absolute atomic E-state index is 0.213. The maximum Gasteiger partial charge on any atom is 0.134 e. The Labute approximate surface area is 103 Å². The van der Waals surface area contributed by atoms with Gasteiger partial charge >= 0.3 is 0 Å². The molecule has 0 fully saturated rings. The van der Waals surface area contributed by atoms with Crippen LogP contribution in [0.25, 0.3) is 0 Å². The van der Waals surface area contributed by atoms with Gasteiger partial charge < -0.3 is 15.4 Å². The first-order valence-corrected chi connectivity index (χ1v) is 5.84. The zero-order chi connectivity index (χ0) is 12.9. The van der Waals surface area contributed by atoms with Crippen LogP contribution in [0, 0.1) is 6.92 Å². The smallest absolute Gasteiger partial charge is 0.134 e. The lowest BCUT2D eigenvalue weighted by atomic mass is 10.1. The molecule has 0 aliphatic carbocycles. The summed E-state index contributed by atoms with van der Waals surface area (Å²) in [5.41, 5.74) is 0.816. The van der Waals surface area contributed by atoms with Crippen molar-refractivity contribution in [2.75, 3.05) is 30.8 Å². The van der Waals surface area contributed by atoms with Gasteiger partial charge in [0, 0.05) is 25.8 Å². The fraction of sp³-hybridized carbons (Fsp3) is 0.667. The number of anilines is 2. The molecule has 0 saturated heterocycles. The minimum Gasteiger partial charge on any atom is -0.377 e. The highest BCUT2D eigenvalue weighted by molar-refractivity contribution is 5.56. The Kier molecular flexibility index (Phi) is 4.69. The van der Waals surface area contributed by atoms with Crippen molar-refractivity contribution in [3.63, 3.8) is 0 Å². The molecule has 5 nitrogen and oxygen atoms in total. The molecule has 0 atom stereocenters. The summed E-state index contributed by atoms with van der Waals surface area (Å²) in [6.07, 6.45) is 1.56. The largest absolute Gasteiger partial charge is 0.377 e. The first-order valence-electron chi connectivity index (χ1n) is 5.84. The number of nitrogens with one attached hydrogen (secondary N) is 2. The van der Waals surface area contributed by atoms with E-state index in [9.17, 15) is 0 Å². The van der Waals surface area contributed by atoms with E-state index in [0.29, 0.717) is 6.54 Å². The van der Waals surface area contributed by atoms with Gasteiger partial charge in [0.25, 0.3) is 0 Å². The molecule has 0 bridgehead atoms. The lowest BCUT2D eigenvalue weighted by Gasteiger charge is -2.24. The summed E-state index contributed by atoms with van der Waals surface area (Å²) in [6, 6.07) is 0.